The van der Waals surface area contributed by atoms with Gasteiger partial charge in [-0.15, -0.1) is 0 Å². The van der Waals surface area contributed by atoms with Crippen LogP contribution in [0.15, 0.2) is 82.0 Å². The molecular formula is C22H17NO5. The topological polar surface area (TPSA) is 70.3 Å². The molecule has 1 aliphatic rings. The number of ether oxygens (including phenoxy) is 3. The van der Waals surface area contributed by atoms with Crippen molar-refractivity contribution in [3.05, 3.63) is 89.5 Å². The smallest absolute Gasteiger partial charge is 0.363 e. The van der Waals surface area contributed by atoms with Crippen molar-refractivity contribution in [2.75, 3.05) is 7.11 Å². The van der Waals surface area contributed by atoms with Gasteiger partial charge in [0.25, 0.3) is 5.90 Å². The summed E-state index contributed by atoms with van der Waals surface area (Å²) in [5.41, 5.74) is 1.83. The Morgan fingerprint density at radius 3 is 2.64 bits per heavy atom. The first-order valence-corrected chi connectivity index (χ1v) is 8.65. The van der Waals surface area contributed by atoms with Crippen LogP contribution in [0.25, 0.3) is 6.08 Å². The summed E-state index contributed by atoms with van der Waals surface area (Å²) in [6.45, 7) is 0.364. The van der Waals surface area contributed by atoms with Crippen LogP contribution in [0, 0.1) is 0 Å². The van der Waals surface area contributed by atoms with E-state index < -0.39 is 5.97 Å². The standard InChI is InChI=1S/C22H17NO5/c1-25-18-10-5-9-16(20(18)27-14-15-7-3-2-4-8-15)13-17-22(24)28-21(23-17)19-11-6-12-26-19/h2-13H,14H2,1H3. The van der Waals surface area contributed by atoms with E-state index in [1.165, 1.54) is 6.26 Å². The van der Waals surface area contributed by atoms with Gasteiger partial charge < -0.3 is 18.6 Å². The van der Waals surface area contributed by atoms with Crippen molar-refractivity contribution < 1.29 is 23.4 Å². The quantitative estimate of drug-likeness (QED) is 0.477. The Morgan fingerprint density at radius 2 is 1.89 bits per heavy atom. The van der Waals surface area contributed by atoms with Gasteiger partial charge in [0.2, 0.25) is 0 Å². The summed E-state index contributed by atoms with van der Waals surface area (Å²) in [6, 6.07) is 18.6. The lowest BCUT2D eigenvalue weighted by atomic mass is 10.1. The number of cyclic esters (lactones) is 1. The molecule has 0 aliphatic carbocycles. The number of hydrogen-bond acceptors (Lipinski definition) is 6. The van der Waals surface area contributed by atoms with Gasteiger partial charge in [0.1, 0.15) is 6.61 Å². The minimum atomic E-state index is -0.553. The van der Waals surface area contributed by atoms with Gasteiger partial charge in [-0.3, -0.25) is 0 Å². The number of benzene rings is 2. The second kappa shape index (κ2) is 7.84. The van der Waals surface area contributed by atoms with Gasteiger partial charge in [0, 0.05) is 5.56 Å². The molecule has 0 bridgehead atoms. The summed E-state index contributed by atoms with van der Waals surface area (Å²) >= 11 is 0. The molecule has 2 aromatic carbocycles. The van der Waals surface area contributed by atoms with E-state index in [1.54, 1.807) is 31.4 Å². The Balaban J connectivity index is 1.65. The summed E-state index contributed by atoms with van der Waals surface area (Å²) in [5, 5.41) is 0. The summed E-state index contributed by atoms with van der Waals surface area (Å²) in [4.78, 5) is 16.4. The van der Waals surface area contributed by atoms with E-state index in [2.05, 4.69) is 4.99 Å². The molecule has 0 spiro atoms. The monoisotopic (exact) mass is 375 g/mol. The number of rotatable bonds is 6. The van der Waals surface area contributed by atoms with Crippen molar-refractivity contribution in [1.82, 2.24) is 0 Å². The fourth-order valence-corrected chi connectivity index (χ4v) is 2.75. The number of methoxy groups -OCH3 is 1. The van der Waals surface area contributed by atoms with Crippen molar-refractivity contribution in [2.45, 2.75) is 6.61 Å². The number of aliphatic imine (C=N–C) groups is 1. The summed E-state index contributed by atoms with van der Waals surface area (Å²) < 4.78 is 21.9. The molecule has 0 fully saturated rings. The highest BCUT2D eigenvalue weighted by molar-refractivity contribution is 6.12. The zero-order valence-corrected chi connectivity index (χ0v) is 15.1. The number of esters is 1. The highest BCUT2D eigenvalue weighted by Gasteiger charge is 2.26. The summed E-state index contributed by atoms with van der Waals surface area (Å²) in [6.07, 6.45) is 3.10. The van der Waals surface area contributed by atoms with Crippen molar-refractivity contribution in [2.24, 2.45) is 4.99 Å². The van der Waals surface area contributed by atoms with E-state index in [9.17, 15) is 4.79 Å². The lowest BCUT2D eigenvalue weighted by Crippen LogP contribution is -2.04. The molecule has 28 heavy (non-hydrogen) atoms. The number of carbonyl (C=O) groups is 1. The molecule has 2 heterocycles. The number of carbonyl (C=O) groups excluding carboxylic acids is 1. The lowest BCUT2D eigenvalue weighted by Gasteiger charge is -2.13. The van der Waals surface area contributed by atoms with E-state index in [4.69, 9.17) is 18.6 Å². The SMILES string of the molecule is COc1cccc(C=C2N=C(c3ccco3)OC2=O)c1OCc1ccccc1. The van der Waals surface area contributed by atoms with Crippen LogP contribution in [0.4, 0.5) is 0 Å². The highest BCUT2D eigenvalue weighted by Crippen LogP contribution is 2.34. The van der Waals surface area contributed by atoms with Gasteiger partial charge in [-0.25, -0.2) is 9.79 Å². The van der Waals surface area contributed by atoms with Crippen molar-refractivity contribution >= 4 is 17.9 Å². The molecule has 0 atom stereocenters. The molecule has 140 valence electrons. The second-order valence-corrected chi connectivity index (χ2v) is 5.97. The van der Waals surface area contributed by atoms with Crippen LogP contribution >= 0.6 is 0 Å². The Labute approximate surface area is 161 Å². The largest absolute Gasteiger partial charge is 0.493 e. The minimum absolute atomic E-state index is 0.135. The Hall–Kier alpha value is -3.80. The third kappa shape index (κ3) is 3.66. The van der Waals surface area contributed by atoms with Gasteiger partial charge in [-0.1, -0.05) is 42.5 Å². The van der Waals surface area contributed by atoms with Crippen LogP contribution in [0.1, 0.15) is 16.9 Å². The van der Waals surface area contributed by atoms with E-state index in [1.807, 2.05) is 42.5 Å². The maximum absolute atomic E-state index is 12.2. The summed E-state index contributed by atoms with van der Waals surface area (Å²) in [5.74, 6) is 1.06. The van der Waals surface area contributed by atoms with Gasteiger partial charge in [-0.05, 0) is 29.8 Å². The average molecular weight is 375 g/mol. The molecule has 0 saturated heterocycles. The number of furan rings is 1. The number of nitrogens with zero attached hydrogens (tertiary/aromatic N) is 1. The Morgan fingerprint density at radius 1 is 1.04 bits per heavy atom. The van der Waals surface area contributed by atoms with Crippen LogP contribution in [-0.4, -0.2) is 19.0 Å². The first kappa shape index (κ1) is 17.6. The van der Waals surface area contributed by atoms with Crippen LogP contribution in [0.5, 0.6) is 11.5 Å². The predicted octanol–water partition coefficient (Wildman–Crippen LogP) is 4.21. The first-order chi connectivity index (χ1) is 13.7. The molecule has 0 amide bonds. The van der Waals surface area contributed by atoms with Gasteiger partial charge in [0.15, 0.2) is 23.0 Å². The van der Waals surface area contributed by atoms with Gasteiger partial charge in [-0.2, -0.15) is 0 Å². The zero-order valence-electron chi connectivity index (χ0n) is 15.1. The summed E-state index contributed by atoms with van der Waals surface area (Å²) in [7, 11) is 1.57. The molecule has 0 unspecified atom stereocenters. The minimum Gasteiger partial charge on any atom is -0.493 e. The fraction of sp³-hybridized carbons (Fsp3) is 0.0909. The Bertz CT molecular complexity index is 1040. The van der Waals surface area contributed by atoms with Crippen molar-refractivity contribution in [3.63, 3.8) is 0 Å². The van der Waals surface area contributed by atoms with E-state index in [0.717, 1.165) is 5.56 Å². The Kier molecular flexibility index (Phi) is 4.93. The van der Waals surface area contributed by atoms with Crippen LogP contribution in [-0.2, 0) is 16.1 Å². The second-order valence-electron chi connectivity index (χ2n) is 5.97. The normalized spacial score (nSPS) is 14.7. The molecule has 0 N–H and O–H groups in total. The number of para-hydroxylation sites is 1. The molecule has 6 nitrogen and oxygen atoms in total. The van der Waals surface area contributed by atoms with E-state index in [-0.39, 0.29) is 11.6 Å². The molecule has 1 aliphatic heterocycles. The maximum Gasteiger partial charge on any atom is 0.363 e. The zero-order chi connectivity index (χ0) is 19.3. The van der Waals surface area contributed by atoms with Crippen LogP contribution in [0.3, 0.4) is 0 Å². The molecular weight excluding hydrogens is 358 g/mol. The van der Waals surface area contributed by atoms with Crippen molar-refractivity contribution in [3.8, 4) is 11.5 Å². The lowest BCUT2D eigenvalue weighted by molar-refractivity contribution is -0.130. The van der Waals surface area contributed by atoms with Gasteiger partial charge >= 0.3 is 5.97 Å². The van der Waals surface area contributed by atoms with Crippen LogP contribution < -0.4 is 9.47 Å². The van der Waals surface area contributed by atoms with Gasteiger partial charge in [0.05, 0.1) is 13.4 Å². The van der Waals surface area contributed by atoms with Crippen molar-refractivity contribution in [1.29, 1.82) is 0 Å². The molecule has 6 heteroatoms. The molecule has 0 saturated carbocycles. The third-order valence-corrected chi connectivity index (χ3v) is 4.10. The highest BCUT2D eigenvalue weighted by atomic mass is 16.6. The molecule has 1 aromatic heterocycles. The molecule has 3 aromatic rings. The average Bonchev–Trinajstić information content (AvgIpc) is 3.38. The fourth-order valence-electron chi connectivity index (χ4n) is 2.75. The van der Waals surface area contributed by atoms with Crippen LogP contribution in [0.2, 0.25) is 0 Å². The van der Waals surface area contributed by atoms with E-state index in [0.29, 0.717) is 29.4 Å². The molecule has 4 rings (SSSR count). The third-order valence-electron chi connectivity index (χ3n) is 4.10. The molecule has 0 radical (unpaired) electrons. The first-order valence-electron chi connectivity index (χ1n) is 8.65. The number of hydrogen-bond donors (Lipinski definition) is 0. The van der Waals surface area contributed by atoms with E-state index >= 15 is 0 Å². The predicted molar refractivity (Wildman–Crippen MR) is 103 cm³/mol. The maximum atomic E-state index is 12.2.